The van der Waals surface area contributed by atoms with Crippen molar-refractivity contribution in [2.75, 3.05) is 13.6 Å². The molecule has 0 aromatic heterocycles. The summed E-state index contributed by atoms with van der Waals surface area (Å²) in [6.45, 7) is 5.85. The summed E-state index contributed by atoms with van der Waals surface area (Å²) in [6, 6.07) is 3.99. The van der Waals surface area contributed by atoms with Gasteiger partial charge < -0.3 is 10.6 Å². The number of amides is 1. The molecule has 0 heterocycles. The zero-order valence-electron chi connectivity index (χ0n) is 14.5. The molecule has 1 amide bonds. The molecule has 0 spiro atoms. The summed E-state index contributed by atoms with van der Waals surface area (Å²) in [6.07, 6.45) is 0.618. The van der Waals surface area contributed by atoms with Crippen LogP contribution in [0.1, 0.15) is 27.2 Å². The molecular weight excluding hydrogens is 333 g/mol. The highest BCUT2D eigenvalue weighted by Crippen LogP contribution is 2.14. The minimum atomic E-state index is -4.11. The number of nitrogens with two attached hydrogens (primary N) is 1. The molecule has 8 heteroatoms. The second-order valence-corrected chi connectivity index (χ2v) is 7.91. The third-order valence-corrected chi connectivity index (χ3v) is 5.43. The van der Waals surface area contributed by atoms with Crippen molar-refractivity contribution in [1.82, 2.24) is 9.62 Å². The standard InChI is InChI=1S/C16H26FN3O3S/c1-11(2)14(18)9-10-20(4)16(21)12(3)19-24(22,23)15-8-6-5-7-13(15)17/h5-8,11-12,14,19H,9-10,18H2,1-4H3. The smallest absolute Gasteiger partial charge is 0.244 e. The number of nitrogens with one attached hydrogen (secondary N) is 1. The number of benzene rings is 1. The van der Waals surface area contributed by atoms with E-state index in [9.17, 15) is 17.6 Å². The van der Waals surface area contributed by atoms with Gasteiger partial charge in [0, 0.05) is 19.6 Å². The fourth-order valence-corrected chi connectivity index (χ4v) is 3.40. The van der Waals surface area contributed by atoms with Crippen molar-refractivity contribution >= 4 is 15.9 Å². The highest BCUT2D eigenvalue weighted by Gasteiger charge is 2.26. The second kappa shape index (κ2) is 8.55. The highest BCUT2D eigenvalue weighted by atomic mass is 32.2. The third kappa shape index (κ3) is 5.54. The first-order valence-corrected chi connectivity index (χ1v) is 9.32. The predicted molar refractivity (Wildman–Crippen MR) is 91.3 cm³/mol. The monoisotopic (exact) mass is 359 g/mol. The van der Waals surface area contributed by atoms with Crippen LogP contribution in [0.4, 0.5) is 4.39 Å². The fraction of sp³-hybridized carbons (Fsp3) is 0.562. The molecule has 0 aliphatic carbocycles. The molecule has 1 aromatic rings. The fourth-order valence-electron chi connectivity index (χ4n) is 2.13. The first kappa shape index (κ1) is 20.5. The van der Waals surface area contributed by atoms with Crippen LogP contribution in [0.2, 0.25) is 0 Å². The van der Waals surface area contributed by atoms with E-state index >= 15 is 0 Å². The molecule has 0 radical (unpaired) electrons. The van der Waals surface area contributed by atoms with E-state index in [1.165, 1.54) is 24.0 Å². The SMILES string of the molecule is CC(NS(=O)(=O)c1ccccc1F)C(=O)N(C)CCC(N)C(C)C. The van der Waals surface area contributed by atoms with Gasteiger partial charge in [-0.15, -0.1) is 0 Å². The zero-order valence-corrected chi connectivity index (χ0v) is 15.3. The molecule has 1 rings (SSSR count). The van der Waals surface area contributed by atoms with Gasteiger partial charge in [-0.05, 0) is 31.4 Å². The third-order valence-electron chi connectivity index (χ3n) is 3.86. The number of carbonyl (C=O) groups excluding carboxylic acids is 1. The Kier molecular flexibility index (Phi) is 7.31. The lowest BCUT2D eigenvalue weighted by Crippen LogP contribution is -2.46. The van der Waals surface area contributed by atoms with Crippen LogP contribution < -0.4 is 10.5 Å². The lowest BCUT2D eigenvalue weighted by molar-refractivity contribution is -0.131. The molecule has 0 fully saturated rings. The molecule has 0 saturated carbocycles. The van der Waals surface area contributed by atoms with E-state index in [1.54, 1.807) is 7.05 Å². The molecule has 6 nitrogen and oxygen atoms in total. The number of hydrogen-bond acceptors (Lipinski definition) is 4. The Hall–Kier alpha value is -1.51. The summed E-state index contributed by atoms with van der Waals surface area (Å²) in [5.74, 6) is -0.961. The van der Waals surface area contributed by atoms with Crippen LogP contribution in [0.3, 0.4) is 0 Å². The first-order chi connectivity index (χ1) is 11.1. The molecule has 0 bridgehead atoms. The normalized spacial score (nSPS) is 14.5. The van der Waals surface area contributed by atoms with Gasteiger partial charge in [0.15, 0.2) is 0 Å². The van der Waals surface area contributed by atoms with Crippen LogP contribution in [0.5, 0.6) is 0 Å². The molecule has 1 aromatic carbocycles. The lowest BCUT2D eigenvalue weighted by Gasteiger charge is -2.24. The van der Waals surface area contributed by atoms with E-state index < -0.39 is 32.7 Å². The Labute approximate surface area is 143 Å². The van der Waals surface area contributed by atoms with E-state index in [0.717, 1.165) is 12.1 Å². The summed E-state index contributed by atoms with van der Waals surface area (Å²) < 4.78 is 40.3. The van der Waals surface area contributed by atoms with Crippen LogP contribution in [-0.2, 0) is 14.8 Å². The van der Waals surface area contributed by atoms with Crippen LogP contribution >= 0.6 is 0 Å². The minimum Gasteiger partial charge on any atom is -0.344 e. The van der Waals surface area contributed by atoms with E-state index in [0.29, 0.717) is 18.9 Å². The zero-order chi connectivity index (χ0) is 18.5. The van der Waals surface area contributed by atoms with Crippen molar-refractivity contribution in [3.63, 3.8) is 0 Å². The quantitative estimate of drug-likeness (QED) is 0.732. The Bertz CT molecular complexity index is 664. The number of nitrogens with zero attached hydrogens (tertiary/aromatic N) is 1. The van der Waals surface area contributed by atoms with Gasteiger partial charge in [0.25, 0.3) is 0 Å². The van der Waals surface area contributed by atoms with Gasteiger partial charge >= 0.3 is 0 Å². The van der Waals surface area contributed by atoms with Gasteiger partial charge in [-0.25, -0.2) is 12.8 Å². The molecule has 24 heavy (non-hydrogen) atoms. The Morgan fingerprint density at radius 3 is 2.42 bits per heavy atom. The lowest BCUT2D eigenvalue weighted by atomic mass is 10.0. The molecular formula is C16H26FN3O3S. The number of likely N-dealkylation sites (N-methyl/N-ethyl adjacent to an activating group) is 1. The van der Waals surface area contributed by atoms with Crippen LogP contribution in [0.25, 0.3) is 0 Å². The second-order valence-electron chi connectivity index (χ2n) is 6.23. The maximum atomic E-state index is 13.7. The number of halogens is 1. The average molecular weight is 359 g/mol. The van der Waals surface area contributed by atoms with Crippen LogP contribution in [0.15, 0.2) is 29.2 Å². The molecule has 136 valence electrons. The summed E-state index contributed by atoms with van der Waals surface area (Å²) in [4.78, 5) is 13.2. The topological polar surface area (TPSA) is 92.5 Å². The molecule has 2 unspecified atom stereocenters. The van der Waals surface area contributed by atoms with Crippen LogP contribution in [0, 0.1) is 11.7 Å². The maximum absolute atomic E-state index is 13.7. The summed E-state index contributed by atoms with van der Waals surface area (Å²) in [5.41, 5.74) is 5.94. The van der Waals surface area contributed by atoms with E-state index in [4.69, 9.17) is 5.73 Å². The van der Waals surface area contributed by atoms with Crippen molar-refractivity contribution in [1.29, 1.82) is 0 Å². The van der Waals surface area contributed by atoms with Gasteiger partial charge in [-0.2, -0.15) is 4.72 Å². The van der Waals surface area contributed by atoms with Gasteiger partial charge in [0.1, 0.15) is 10.7 Å². The molecule has 0 aliphatic heterocycles. The molecule has 3 N–H and O–H groups in total. The van der Waals surface area contributed by atoms with Gasteiger partial charge in [-0.1, -0.05) is 26.0 Å². The molecule has 0 aliphatic rings. The number of sulfonamides is 1. The van der Waals surface area contributed by atoms with E-state index in [1.807, 2.05) is 13.8 Å². The first-order valence-electron chi connectivity index (χ1n) is 7.83. The van der Waals surface area contributed by atoms with Crippen molar-refractivity contribution in [2.45, 2.75) is 44.2 Å². The van der Waals surface area contributed by atoms with Crippen molar-refractivity contribution in [2.24, 2.45) is 11.7 Å². The van der Waals surface area contributed by atoms with Gasteiger partial charge in [0.2, 0.25) is 15.9 Å². The average Bonchev–Trinajstić information content (AvgIpc) is 2.50. The minimum absolute atomic E-state index is 0.0364. The van der Waals surface area contributed by atoms with Gasteiger partial charge in [-0.3, -0.25) is 4.79 Å². The molecule has 0 saturated heterocycles. The Morgan fingerprint density at radius 2 is 1.88 bits per heavy atom. The predicted octanol–water partition coefficient (Wildman–Crippen LogP) is 1.32. The van der Waals surface area contributed by atoms with E-state index in [-0.39, 0.29) is 6.04 Å². The number of rotatable bonds is 8. The summed E-state index contributed by atoms with van der Waals surface area (Å²) >= 11 is 0. The number of hydrogen-bond donors (Lipinski definition) is 2. The van der Waals surface area contributed by atoms with Crippen molar-refractivity contribution < 1.29 is 17.6 Å². The molecule has 2 atom stereocenters. The van der Waals surface area contributed by atoms with Gasteiger partial charge in [0.05, 0.1) is 6.04 Å². The highest BCUT2D eigenvalue weighted by molar-refractivity contribution is 7.89. The largest absolute Gasteiger partial charge is 0.344 e. The van der Waals surface area contributed by atoms with Crippen molar-refractivity contribution in [3.8, 4) is 0 Å². The maximum Gasteiger partial charge on any atom is 0.244 e. The van der Waals surface area contributed by atoms with Crippen LogP contribution in [-0.4, -0.2) is 44.9 Å². The van der Waals surface area contributed by atoms with E-state index in [2.05, 4.69) is 4.72 Å². The Balaban J connectivity index is 2.71. The Morgan fingerprint density at radius 1 is 1.29 bits per heavy atom. The van der Waals surface area contributed by atoms with Crippen molar-refractivity contribution in [3.05, 3.63) is 30.1 Å². The number of carbonyl (C=O) groups is 1. The summed E-state index contributed by atoms with van der Waals surface area (Å²) in [5, 5.41) is 0. The summed E-state index contributed by atoms with van der Waals surface area (Å²) in [7, 11) is -2.52.